The summed E-state index contributed by atoms with van der Waals surface area (Å²) in [7, 11) is 0. The first-order valence-corrected chi connectivity index (χ1v) is 4.73. The molecule has 0 saturated heterocycles. The lowest BCUT2D eigenvalue weighted by Crippen LogP contribution is -2.29. The van der Waals surface area contributed by atoms with Gasteiger partial charge >= 0.3 is 12.1 Å². The number of alkyl halides is 3. The van der Waals surface area contributed by atoms with E-state index < -0.39 is 23.9 Å². The third kappa shape index (κ3) is 3.58. The topological polar surface area (TPSA) is 75.1 Å². The highest BCUT2D eigenvalue weighted by Gasteiger charge is 2.33. The predicted octanol–water partition coefficient (Wildman–Crippen LogP) is 1.77. The average molecular weight is 249 g/mol. The Morgan fingerprint density at radius 1 is 1.53 bits per heavy atom. The number of carboxylic acids is 1. The molecular formula is C9H10F3N3O2. The zero-order chi connectivity index (χ0) is 13.1. The van der Waals surface area contributed by atoms with Gasteiger partial charge in [0.15, 0.2) is 0 Å². The maximum Gasteiger partial charge on any atom is 0.433 e. The van der Waals surface area contributed by atoms with Crippen LogP contribution in [0.3, 0.4) is 0 Å². The third-order valence-electron chi connectivity index (χ3n) is 1.99. The van der Waals surface area contributed by atoms with Gasteiger partial charge < -0.3 is 10.4 Å². The second-order valence-electron chi connectivity index (χ2n) is 3.23. The minimum atomic E-state index is -4.58. The van der Waals surface area contributed by atoms with Crippen LogP contribution in [0.15, 0.2) is 12.4 Å². The van der Waals surface area contributed by atoms with Gasteiger partial charge in [-0.15, -0.1) is 0 Å². The second-order valence-corrected chi connectivity index (χ2v) is 3.23. The summed E-state index contributed by atoms with van der Waals surface area (Å²) in [6, 6.07) is -0.308. The summed E-state index contributed by atoms with van der Waals surface area (Å²) < 4.78 is 36.9. The molecule has 1 unspecified atom stereocenters. The van der Waals surface area contributed by atoms with E-state index in [0.29, 0.717) is 6.07 Å². The summed E-state index contributed by atoms with van der Waals surface area (Å²) in [5, 5.41) is 11.1. The smallest absolute Gasteiger partial charge is 0.433 e. The Labute approximate surface area is 94.7 Å². The lowest BCUT2D eigenvalue weighted by atomic mass is 10.2. The molecule has 17 heavy (non-hydrogen) atoms. The summed E-state index contributed by atoms with van der Waals surface area (Å²) in [6.45, 7) is 1.59. The van der Waals surface area contributed by atoms with E-state index >= 15 is 0 Å². The number of carbonyl (C=O) groups is 1. The summed E-state index contributed by atoms with van der Waals surface area (Å²) in [5.74, 6) is -1.32. The SMILES string of the molecule is CCC(Nc1cc(C(F)(F)F)ncn1)C(=O)O. The summed E-state index contributed by atoms with van der Waals surface area (Å²) in [4.78, 5) is 17.3. The van der Waals surface area contributed by atoms with Crippen LogP contribution in [-0.4, -0.2) is 27.1 Å². The number of anilines is 1. The van der Waals surface area contributed by atoms with Crippen molar-refractivity contribution in [2.24, 2.45) is 0 Å². The molecule has 0 bridgehead atoms. The number of nitrogens with one attached hydrogen (secondary N) is 1. The first-order chi connectivity index (χ1) is 7.84. The third-order valence-corrected chi connectivity index (χ3v) is 1.99. The number of aromatic nitrogens is 2. The van der Waals surface area contributed by atoms with E-state index in [1.807, 2.05) is 0 Å². The highest BCUT2D eigenvalue weighted by Crippen LogP contribution is 2.28. The van der Waals surface area contributed by atoms with Crippen molar-refractivity contribution in [2.75, 3.05) is 5.32 Å². The Hall–Kier alpha value is -1.86. The number of aliphatic carboxylic acids is 1. The fourth-order valence-corrected chi connectivity index (χ4v) is 1.11. The van der Waals surface area contributed by atoms with Gasteiger partial charge in [-0.1, -0.05) is 6.92 Å². The van der Waals surface area contributed by atoms with E-state index in [1.165, 1.54) is 0 Å². The molecule has 0 fully saturated rings. The highest BCUT2D eigenvalue weighted by atomic mass is 19.4. The predicted molar refractivity (Wildman–Crippen MR) is 52.4 cm³/mol. The fraction of sp³-hybridized carbons (Fsp3) is 0.444. The molecule has 0 aliphatic heterocycles. The molecule has 94 valence electrons. The summed E-state index contributed by atoms with van der Waals surface area (Å²) in [6.07, 6.45) is -3.62. The molecule has 0 radical (unpaired) electrons. The van der Waals surface area contributed by atoms with Crippen molar-refractivity contribution in [3.63, 3.8) is 0 Å². The molecule has 1 rings (SSSR count). The van der Waals surface area contributed by atoms with Crippen LogP contribution in [0.25, 0.3) is 0 Å². The van der Waals surface area contributed by atoms with Gasteiger partial charge in [-0.25, -0.2) is 14.8 Å². The van der Waals surface area contributed by atoms with Crippen molar-refractivity contribution in [1.29, 1.82) is 0 Å². The first-order valence-electron chi connectivity index (χ1n) is 4.73. The molecule has 2 N–H and O–H groups in total. The van der Waals surface area contributed by atoms with E-state index in [1.54, 1.807) is 6.92 Å². The second kappa shape index (κ2) is 4.98. The van der Waals surface area contributed by atoms with Crippen molar-refractivity contribution in [2.45, 2.75) is 25.6 Å². The van der Waals surface area contributed by atoms with Crippen LogP contribution in [0.5, 0.6) is 0 Å². The van der Waals surface area contributed by atoms with Gasteiger partial charge in [-0.05, 0) is 6.42 Å². The number of hydrogen-bond acceptors (Lipinski definition) is 4. The van der Waals surface area contributed by atoms with Crippen LogP contribution < -0.4 is 5.32 Å². The highest BCUT2D eigenvalue weighted by molar-refractivity contribution is 5.76. The standard InChI is InChI=1S/C9H10F3N3O2/c1-2-5(8(16)17)15-7-3-6(9(10,11)12)13-4-14-7/h3-5H,2H2,1H3,(H,16,17)(H,13,14,15). The molecule has 0 amide bonds. The fourth-order valence-electron chi connectivity index (χ4n) is 1.11. The van der Waals surface area contributed by atoms with Gasteiger partial charge in [0.1, 0.15) is 23.9 Å². The van der Waals surface area contributed by atoms with Crippen LogP contribution in [0.2, 0.25) is 0 Å². The number of halogens is 3. The molecule has 0 aromatic carbocycles. The Bertz CT molecular complexity index is 409. The van der Waals surface area contributed by atoms with E-state index in [2.05, 4.69) is 15.3 Å². The minimum absolute atomic E-state index is 0.165. The van der Waals surface area contributed by atoms with Crippen molar-refractivity contribution < 1.29 is 23.1 Å². The van der Waals surface area contributed by atoms with E-state index in [4.69, 9.17) is 5.11 Å². The van der Waals surface area contributed by atoms with Crippen LogP contribution in [0.4, 0.5) is 19.0 Å². The van der Waals surface area contributed by atoms with Crippen molar-refractivity contribution in [1.82, 2.24) is 9.97 Å². The molecule has 0 spiro atoms. The van der Waals surface area contributed by atoms with E-state index in [9.17, 15) is 18.0 Å². The van der Waals surface area contributed by atoms with Gasteiger partial charge in [-0.3, -0.25) is 0 Å². The maximum absolute atomic E-state index is 12.3. The molecule has 8 heteroatoms. The monoisotopic (exact) mass is 249 g/mol. The van der Waals surface area contributed by atoms with E-state index in [-0.39, 0.29) is 12.2 Å². The zero-order valence-corrected chi connectivity index (χ0v) is 8.82. The number of nitrogens with zero attached hydrogens (tertiary/aromatic N) is 2. The lowest BCUT2D eigenvalue weighted by Gasteiger charge is -2.13. The molecule has 1 atom stereocenters. The first kappa shape index (κ1) is 13.2. The van der Waals surface area contributed by atoms with Crippen LogP contribution in [0.1, 0.15) is 19.0 Å². The van der Waals surface area contributed by atoms with Crippen molar-refractivity contribution in [3.8, 4) is 0 Å². The molecule has 1 aromatic rings. The van der Waals surface area contributed by atoms with Gasteiger partial charge in [0.25, 0.3) is 0 Å². The van der Waals surface area contributed by atoms with Gasteiger partial charge in [0.2, 0.25) is 0 Å². The molecule has 1 heterocycles. The van der Waals surface area contributed by atoms with Crippen LogP contribution in [0, 0.1) is 0 Å². The average Bonchev–Trinajstić information content (AvgIpc) is 2.24. The molecule has 5 nitrogen and oxygen atoms in total. The summed E-state index contributed by atoms with van der Waals surface area (Å²) >= 11 is 0. The van der Waals surface area contributed by atoms with Gasteiger partial charge in [0.05, 0.1) is 0 Å². The van der Waals surface area contributed by atoms with Crippen LogP contribution in [-0.2, 0) is 11.0 Å². The Balaban J connectivity index is 2.89. The molecule has 1 aromatic heterocycles. The Morgan fingerprint density at radius 2 is 2.18 bits per heavy atom. The largest absolute Gasteiger partial charge is 0.480 e. The normalized spacial score (nSPS) is 13.2. The molecular weight excluding hydrogens is 239 g/mol. The Kier molecular flexibility index (Phi) is 3.87. The van der Waals surface area contributed by atoms with Crippen molar-refractivity contribution >= 4 is 11.8 Å². The summed E-state index contributed by atoms with van der Waals surface area (Å²) in [5.41, 5.74) is -1.12. The van der Waals surface area contributed by atoms with Gasteiger partial charge in [-0.2, -0.15) is 13.2 Å². The molecule has 0 aliphatic rings. The maximum atomic E-state index is 12.3. The minimum Gasteiger partial charge on any atom is -0.480 e. The molecule has 0 saturated carbocycles. The van der Waals surface area contributed by atoms with Gasteiger partial charge in [0, 0.05) is 6.07 Å². The van der Waals surface area contributed by atoms with E-state index in [0.717, 1.165) is 6.33 Å². The quantitative estimate of drug-likeness (QED) is 0.850. The number of carboxylic acid groups (broad SMARTS) is 1. The Morgan fingerprint density at radius 3 is 2.65 bits per heavy atom. The van der Waals surface area contributed by atoms with Crippen LogP contribution >= 0.6 is 0 Å². The van der Waals surface area contributed by atoms with Crippen molar-refractivity contribution in [3.05, 3.63) is 18.1 Å². The lowest BCUT2D eigenvalue weighted by molar-refractivity contribution is -0.141. The number of hydrogen-bond donors (Lipinski definition) is 2. The number of rotatable bonds is 4. The zero-order valence-electron chi connectivity index (χ0n) is 8.82. The molecule has 0 aliphatic carbocycles.